The summed E-state index contributed by atoms with van der Waals surface area (Å²) in [5, 5.41) is 8.53. The molecule has 0 aliphatic carbocycles. The zero-order chi connectivity index (χ0) is 13.8. The molecule has 2 aromatic carbocycles. The summed E-state index contributed by atoms with van der Waals surface area (Å²) in [6.07, 6.45) is 0. The summed E-state index contributed by atoms with van der Waals surface area (Å²) in [6, 6.07) is 13.1. The Morgan fingerprint density at radius 3 is 2.53 bits per heavy atom. The first-order chi connectivity index (χ1) is 9.06. The lowest BCUT2D eigenvalue weighted by atomic mass is 10.0. The number of hydrogen-bond donors (Lipinski definition) is 2. The predicted octanol–water partition coefficient (Wildman–Crippen LogP) is 2.71. The quantitative estimate of drug-likeness (QED) is 0.826. The van der Waals surface area contributed by atoms with E-state index in [9.17, 15) is 4.79 Å². The molecular weight excluding hydrogens is 242 g/mol. The lowest BCUT2D eigenvalue weighted by molar-refractivity contribution is -0.139. The van der Waals surface area contributed by atoms with Gasteiger partial charge in [0, 0.05) is 11.3 Å². The van der Waals surface area contributed by atoms with Gasteiger partial charge in [0.25, 0.3) is 0 Å². The van der Waals surface area contributed by atoms with Gasteiger partial charge in [-0.25, -0.2) is 4.79 Å². The van der Waals surface area contributed by atoms with Crippen LogP contribution in [-0.4, -0.2) is 17.7 Å². The summed E-state index contributed by atoms with van der Waals surface area (Å²) < 4.78 is 5.08. The lowest BCUT2D eigenvalue weighted by Gasteiger charge is -2.08. The Hall–Kier alpha value is -2.49. The molecule has 4 heteroatoms. The van der Waals surface area contributed by atoms with Gasteiger partial charge in [0.2, 0.25) is 0 Å². The summed E-state index contributed by atoms with van der Waals surface area (Å²) in [5.41, 5.74) is 9.73. The molecule has 0 aliphatic heterocycles. The maximum atomic E-state index is 10.4. The first-order valence-electron chi connectivity index (χ1n) is 5.87. The molecule has 2 rings (SSSR count). The van der Waals surface area contributed by atoms with Gasteiger partial charge in [-0.15, -0.1) is 0 Å². The third-order valence-electron chi connectivity index (χ3n) is 2.74. The van der Waals surface area contributed by atoms with Crippen LogP contribution in [0.3, 0.4) is 0 Å². The number of carboxylic acids is 1. The van der Waals surface area contributed by atoms with Crippen molar-refractivity contribution >= 4 is 11.7 Å². The minimum atomic E-state index is -0.994. The maximum Gasteiger partial charge on any atom is 0.341 e. The highest BCUT2D eigenvalue weighted by Crippen LogP contribution is 2.28. The fourth-order valence-electron chi connectivity index (χ4n) is 1.80. The van der Waals surface area contributed by atoms with Gasteiger partial charge in [0.15, 0.2) is 6.61 Å². The standard InChI is InChI=1S/C15H15NO3/c1-10-2-7-14(16)13(8-10)11-3-5-12(6-4-11)19-9-15(17)18/h2-8H,9,16H2,1H3,(H,17,18). The number of nitrogen functional groups attached to an aromatic ring is 1. The normalized spacial score (nSPS) is 10.2. The van der Waals surface area contributed by atoms with E-state index in [0.29, 0.717) is 11.4 Å². The van der Waals surface area contributed by atoms with Crippen LogP contribution in [0.15, 0.2) is 42.5 Å². The summed E-state index contributed by atoms with van der Waals surface area (Å²) in [7, 11) is 0. The number of hydrogen-bond acceptors (Lipinski definition) is 3. The van der Waals surface area contributed by atoms with Crippen molar-refractivity contribution in [2.24, 2.45) is 0 Å². The molecule has 0 unspecified atom stereocenters. The molecule has 0 aromatic heterocycles. The van der Waals surface area contributed by atoms with Crippen molar-refractivity contribution < 1.29 is 14.6 Å². The molecule has 0 atom stereocenters. The van der Waals surface area contributed by atoms with E-state index in [1.807, 2.05) is 37.3 Å². The summed E-state index contributed by atoms with van der Waals surface area (Å²) >= 11 is 0. The average molecular weight is 257 g/mol. The second-order valence-corrected chi connectivity index (χ2v) is 4.30. The van der Waals surface area contributed by atoms with Crippen LogP contribution in [0.1, 0.15) is 5.56 Å². The van der Waals surface area contributed by atoms with E-state index in [1.54, 1.807) is 12.1 Å². The molecule has 4 nitrogen and oxygen atoms in total. The lowest BCUT2D eigenvalue weighted by Crippen LogP contribution is -2.09. The van der Waals surface area contributed by atoms with Gasteiger partial charge < -0.3 is 15.6 Å². The van der Waals surface area contributed by atoms with E-state index in [-0.39, 0.29) is 6.61 Å². The van der Waals surface area contributed by atoms with E-state index in [1.165, 1.54) is 0 Å². The Labute approximate surface area is 111 Å². The fraction of sp³-hybridized carbons (Fsp3) is 0.133. The third-order valence-corrected chi connectivity index (χ3v) is 2.74. The van der Waals surface area contributed by atoms with Gasteiger partial charge in [-0.1, -0.05) is 23.8 Å². The molecule has 19 heavy (non-hydrogen) atoms. The number of anilines is 1. The number of carbonyl (C=O) groups is 1. The first kappa shape index (κ1) is 13.0. The topological polar surface area (TPSA) is 72.5 Å². The Balaban J connectivity index is 2.22. The molecule has 0 heterocycles. The number of nitrogens with two attached hydrogens (primary N) is 1. The number of rotatable bonds is 4. The molecule has 3 N–H and O–H groups in total. The number of ether oxygens (including phenoxy) is 1. The van der Waals surface area contributed by atoms with Crippen LogP contribution in [-0.2, 0) is 4.79 Å². The highest BCUT2D eigenvalue weighted by Gasteiger charge is 2.04. The zero-order valence-electron chi connectivity index (χ0n) is 10.6. The molecule has 0 amide bonds. The molecule has 0 aliphatic rings. The Kier molecular flexibility index (Phi) is 3.71. The second-order valence-electron chi connectivity index (χ2n) is 4.30. The average Bonchev–Trinajstić information content (AvgIpc) is 2.40. The van der Waals surface area contributed by atoms with Crippen molar-refractivity contribution in [2.75, 3.05) is 12.3 Å². The fourth-order valence-corrected chi connectivity index (χ4v) is 1.80. The van der Waals surface area contributed by atoms with E-state index in [4.69, 9.17) is 15.6 Å². The maximum absolute atomic E-state index is 10.4. The highest BCUT2D eigenvalue weighted by atomic mass is 16.5. The van der Waals surface area contributed by atoms with Crippen LogP contribution in [0.5, 0.6) is 5.75 Å². The number of carboxylic acid groups (broad SMARTS) is 1. The first-order valence-corrected chi connectivity index (χ1v) is 5.87. The van der Waals surface area contributed by atoms with Crippen molar-refractivity contribution in [1.82, 2.24) is 0 Å². The van der Waals surface area contributed by atoms with E-state index in [2.05, 4.69) is 0 Å². The molecule has 0 saturated heterocycles. The number of aryl methyl sites for hydroxylation is 1. The van der Waals surface area contributed by atoms with Crippen molar-refractivity contribution in [3.63, 3.8) is 0 Å². The Morgan fingerprint density at radius 1 is 1.21 bits per heavy atom. The molecule has 0 bridgehead atoms. The van der Waals surface area contributed by atoms with Gasteiger partial charge >= 0.3 is 5.97 Å². The van der Waals surface area contributed by atoms with Gasteiger partial charge in [0.05, 0.1) is 0 Å². The van der Waals surface area contributed by atoms with Crippen molar-refractivity contribution in [1.29, 1.82) is 0 Å². The molecule has 2 aromatic rings. The van der Waals surface area contributed by atoms with Gasteiger partial charge in [-0.05, 0) is 36.8 Å². The van der Waals surface area contributed by atoms with E-state index >= 15 is 0 Å². The molecule has 0 fully saturated rings. The highest BCUT2D eigenvalue weighted by molar-refractivity contribution is 5.77. The van der Waals surface area contributed by atoms with Gasteiger partial charge in [-0.2, -0.15) is 0 Å². The minimum Gasteiger partial charge on any atom is -0.482 e. The van der Waals surface area contributed by atoms with Crippen molar-refractivity contribution in [3.8, 4) is 16.9 Å². The molecule has 98 valence electrons. The Bertz CT molecular complexity index is 591. The molecule has 0 spiro atoms. The van der Waals surface area contributed by atoms with Crippen LogP contribution >= 0.6 is 0 Å². The summed E-state index contributed by atoms with van der Waals surface area (Å²) in [5.74, 6) is -0.468. The molecule has 0 radical (unpaired) electrons. The van der Waals surface area contributed by atoms with Crippen LogP contribution < -0.4 is 10.5 Å². The molecular formula is C15H15NO3. The largest absolute Gasteiger partial charge is 0.482 e. The van der Waals surface area contributed by atoms with E-state index in [0.717, 1.165) is 16.7 Å². The monoisotopic (exact) mass is 257 g/mol. The summed E-state index contributed by atoms with van der Waals surface area (Å²) in [4.78, 5) is 10.4. The number of aliphatic carboxylic acids is 1. The number of benzene rings is 2. The third kappa shape index (κ3) is 3.25. The summed E-state index contributed by atoms with van der Waals surface area (Å²) in [6.45, 7) is 1.67. The van der Waals surface area contributed by atoms with Crippen molar-refractivity contribution in [3.05, 3.63) is 48.0 Å². The van der Waals surface area contributed by atoms with E-state index < -0.39 is 5.97 Å². The van der Waals surface area contributed by atoms with Gasteiger partial charge in [0.1, 0.15) is 5.75 Å². The molecule has 0 saturated carbocycles. The second kappa shape index (κ2) is 5.44. The van der Waals surface area contributed by atoms with Crippen LogP contribution in [0.2, 0.25) is 0 Å². The van der Waals surface area contributed by atoms with Gasteiger partial charge in [-0.3, -0.25) is 0 Å². The zero-order valence-corrected chi connectivity index (χ0v) is 10.6. The van der Waals surface area contributed by atoms with Crippen LogP contribution in [0.25, 0.3) is 11.1 Å². The smallest absolute Gasteiger partial charge is 0.341 e. The minimum absolute atomic E-state index is 0.341. The van der Waals surface area contributed by atoms with Crippen LogP contribution in [0.4, 0.5) is 5.69 Å². The Morgan fingerprint density at radius 2 is 1.89 bits per heavy atom. The van der Waals surface area contributed by atoms with Crippen LogP contribution in [0, 0.1) is 6.92 Å². The SMILES string of the molecule is Cc1ccc(N)c(-c2ccc(OCC(=O)O)cc2)c1. The van der Waals surface area contributed by atoms with Crippen molar-refractivity contribution in [2.45, 2.75) is 6.92 Å². The predicted molar refractivity (Wildman–Crippen MR) is 74.2 cm³/mol.